The van der Waals surface area contributed by atoms with E-state index < -0.39 is 5.82 Å². The molecule has 4 heteroatoms. The molecule has 1 saturated carbocycles. The molecule has 0 aliphatic heterocycles. The molecule has 3 nitrogen and oxygen atoms in total. The minimum absolute atomic E-state index is 0.265. The fraction of sp³-hybridized carbons (Fsp3) is 0.625. The van der Waals surface area contributed by atoms with Gasteiger partial charge in [0.25, 0.3) is 0 Å². The summed E-state index contributed by atoms with van der Waals surface area (Å²) in [7, 11) is 0. The standard InChI is InChI=1S/C16H25FN2O/c1-3-20-16-9-15(14(18)8-13(16)17)19-10-12-6-4-5-11(2)7-12/h8-9,11-12,19H,3-7,10,18H2,1-2H3. The molecular formula is C16H25FN2O. The normalized spacial score (nSPS) is 22.6. The third-order valence-corrected chi connectivity index (χ3v) is 4.03. The predicted octanol–water partition coefficient (Wildman–Crippen LogP) is 4.04. The van der Waals surface area contributed by atoms with Gasteiger partial charge in [-0.3, -0.25) is 0 Å². The molecule has 20 heavy (non-hydrogen) atoms. The number of halogens is 1. The molecule has 0 aromatic heterocycles. The van der Waals surface area contributed by atoms with Gasteiger partial charge >= 0.3 is 0 Å². The van der Waals surface area contributed by atoms with Crippen LogP contribution in [0.4, 0.5) is 15.8 Å². The Morgan fingerprint density at radius 1 is 1.40 bits per heavy atom. The van der Waals surface area contributed by atoms with Crippen LogP contribution in [0.25, 0.3) is 0 Å². The summed E-state index contributed by atoms with van der Waals surface area (Å²) in [6.45, 7) is 5.49. The van der Waals surface area contributed by atoms with E-state index in [0.717, 1.165) is 18.2 Å². The van der Waals surface area contributed by atoms with Gasteiger partial charge < -0.3 is 15.8 Å². The molecule has 1 aromatic rings. The Hall–Kier alpha value is -1.45. The molecule has 0 radical (unpaired) electrons. The Morgan fingerprint density at radius 2 is 2.20 bits per heavy atom. The fourth-order valence-electron chi connectivity index (χ4n) is 2.99. The Morgan fingerprint density at radius 3 is 2.90 bits per heavy atom. The molecule has 3 N–H and O–H groups in total. The highest BCUT2D eigenvalue weighted by Crippen LogP contribution is 2.31. The van der Waals surface area contributed by atoms with Gasteiger partial charge in [0.15, 0.2) is 11.6 Å². The fourth-order valence-corrected chi connectivity index (χ4v) is 2.99. The highest BCUT2D eigenvalue weighted by molar-refractivity contribution is 5.68. The maximum Gasteiger partial charge on any atom is 0.167 e. The molecule has 2 unspecified atom stereocenters. The van der Waals surface area contributed by atoms with E-state index in [4.69, 9.17) is 10.5 Å². The lowest BCUT2D eigenvalue weighted by Gasteiger charge is -2.27. The topological polar surface area (TPSA) is 47.3 Å². The van der Waals surface area contributed by atoms with Gasteiger partial charge in [-0.15, -0.1) is 0 Å². The minimum atomic E-state index is -0.402. The zero-order valence-corrected chi connectivity index (χ0v) is 12.4. The molecule has 0 amide bonds. The average molecular weight is 280 g/mol. The lowest BCUT2D eigenvalue weighted by atomic mass is 9.82. The zero-order chi connectivity index (χ0) is 14.5. The van der Waals surface area contributed by atoms with Crippen molar-refractivity contribution in [1.29, 1.82) is 0 Å². The summed E-state index contributed by atoms with van der Waals surface area (Å²) in [5.41, 5.74) is 7.08. The van der Waals surface area contributed by atoms with Crippen molar-refractivity contribution in [3.8, 4) is 5.75 Å². The van der Waals surface area contributed by atoms with Crippen LogP contribution in [0.2, 0.25) is 0 Å². The van der Waals surface area contributed by atoms with E-state index in [-0.39, 0.29) is 5.75 Å². The Kier molecular flexibility index (Phi) is 5.10. The Labute approximate surface area is 120 Å². The average Bonchev–Trinajstić information content (AvgIpc) is 2.41. The molecule has 2 rings (SSSR count). The van der Waals surface area contributed by atoms with Gasteiger partial charge in [-0.1, -0.05) is 19.8 Å². The zero-order valence-electron chi connectivity index (χ0n) is 12.4. The smallest absolute Gasteiger partial charge is 0.167 e. The summed E-state index contributed by atoms with van der Waals surface area (Å²) >= 11 is 0. The van der Waals surface area contributed by atoms with E-state index >= 15 is 0 Å². The van der Waals surface area contributed by atoms with Crippen LogP contribution in [0.1, 0.15) is 39.5 Å². The van der Waals surface area contributed by atoms with Gasteiger partial charge in [-0.2, -0.15) is 0 Å². The molecule has 1 aromatic carbocycles. The largest absolute Gasteiger partial charge is 0.491 e. The molecule has 0 bridgehead atoms. The number of hydrogen-bond acceptors (Lipinski definition) is 3. The van der Waals surface area contributed by atoms with Crippen LogP contribution in [0.15, 0.2) is 12.1 Å². The maximum absolute atomic E-state index is 13.6. The highest BCUT2D eigenvalue weighted by Gasteiger charge is 2.19. The highest BCUT2D eigenvalue weighted by atomic mass is 19.1. The SMILES string of the molecule is CCOc1cc(NCC2CCCC(C)C2)c(N)cc1F. The van der Waals surface area contributed by atoms with Gasteiger partial charge in [0.1, 0.15) is 0 Å². The second-order valence-corrected chi connectivity index (χ2v) is 5.82. The first-order valence-electron chi connectivity index (χ1n) is 7.55. The van der Waals surface area contributed by atoms with Crippen molar-refractivity contribution < 1.29 is 9.13 Å². The Balaban J connectivity index is 1.99. The van der Waals surface area contributed by atoms with Crippen LogP contribution in [-0.2, 0) is 0 Å². The molecular weight excluding hydrogens is 255 g/mol. The van der Waals surface area contributed by atoms with Crippen molar-refractivity contribution in [3.63, 3.8) is 0 Å². The second kappa shape index (κ2) is 6.82. The van der Waals surface area contributed by atoms with Gasteiger partial charge in [-0.05, 0) is 31.6 Å². The minimum Gasteiger partial charge on any atom is -0.491 e. The van der Waals surface area contributed by atoms with Crippen molar-refractivity contribution in [2.75, 3.05) is 24.2 Å². The van der Waals surface area contributed by atoms with Gasteiger partial charge in [-0.25, -0.2) is 4.39 Å². The molecule has 112 valence electrons. The van der Waals surface area contributed by atoms with Crippen LogP contribution in [0.5, 0.6) is 5.75 Å². The van der Waals surface area contributed by atoms with Crippen molar-refractivity contribution >= 4 is 11.4 Å². The number of rotatable bonds is 5. The van der Waals surface area contributed by atoms with E-state index in [1.54, 1.807) is 6.07 Å². The predicted molar refractivity (Wildman–Crippen MR) is 81.6 cm³/mol. The van der Waals surface area contributed by atoms with Crippen molar-refractivity contribution in [2.45, 2.75) is 39.5 Å². The number of nitrogens with two attached hydrogens (primary N) is 1. The number of benzene rings is 1. The van der Waals surface area contributed by atoms with E-state index in [0.29, 0.717) is 18.2 Å². The molecule has 0 spiro atoms. The number of anilines is 2. The Bertz CT molecular complexity index is 450. The van der Waals surface area contributed by atoms with Crippen molar-refractivity contribution in [3.05, 3.63) is 17.9 Å². The van der Waals surface area contributed by atoms with Gasteiger partial charge in [0, 0.05) is 18.7 Å². The third kappa shape index (κ3) is 3.78. The molecule has 1 aliphatic rings. The summed E-state index contributed by atoms with van der Waals surface area (Å²) in [5, 5.41) is 3.36. The number of nitrogen functional groups attached to an aromatic ring is 1. The summed E-state index contributed by atoms with van der Waals surface area (Å²) < 4.78 is 18.9. The summed E-state index contributed by atoms with van der Waals surface area (Å²) in [6.07, 6.45) is 5.16. The molecule has 1 fully saturated rings. The van der Waals surface area contributed by atoms with Crippen molar-refractivity contribution in [1.82, 2.24) is 0 Å². The second-order valence-electron chi connectivity index (χ2n) is 5.82. The van der Waals surface area contributed by atoms with Gasteiger partial charge in [0.2, 0.25) is 0 Å². The van der Waals surface area contributed by atoms with Crippen LogP contribution in [0.3, 0.4) is 0 Å². The number of ether oxygens (including phenoxy) is 1. The van der Waals surface area contributed by atoms with Crippen LogP contribution in [-0.4, -0.2) is 13.2 Å². The van der Waals surface area contributed by atoms with E-state index in [9.17, 15) is 4.39 Å². The monoisotopic (exact) mass is 280 g/mol. The molecule has 1 aliphatic carbocycles. The lowest BCUT2D eigenvalue weighted by molar-refractivity contribution is 0.293. The lowest BCUT2D eigenvalue weighted by Crippen LogP contribution is -2.21. The number of nitrogens with one attached hydrogen (secondary N) is 1. The first-order chi connectivity index (χ1) is 9.60. The van der Waals surface area contributed by atoms with Gasteiger partial charge in [0.05, 0.1) is 18.0 Å². The number of hydrogen-bond donors (Lipinski definition) is 2. The maximum atomic E-state index is 13.6. The van der Waals surface area contributed by atoms with E-state index in [1.807, 2.05) is 6.92 Å². The first-order valence-corrected chi connectivity index (χ1v) is 7.55. The summed E-state index contributed by atoms with van der Waals surface area (Å²) in [5.74, 6) is 1.35. The quantitative estimate of drug-likeness (QED) is 0.800. The van der Waals surface area contributed by atoms with Crippen LogP contribution < -0.4 is 15.8 Å². The third-order valence-electron chi connectivity index (χ3n) is 4.03. The summed E-state index contributed by atoms with van der Waals surface area (Å²) in [6, 6.07) is 3.00. The molecule has 0 saturated heterocycles. The van der Waals surface area contributed by atoms with Crippen molar-refractivity contribution in [2.24, 2.45) is 11.8 Å². The van der Waals surface area contributed by atoms with E-state index in [2.05, 4.69) is 12.2 Å². The van der Waals surface area contributed by atoms with Crippen LogP contribution in [0, 0.1) is 17.7 Å². The molecule has 0 heterocycles. The molecule has 2 atom stereocenters. The van der Waals surface area contributed by atoms with E-state index in [1.165, 1.54) is 31.7 Å². The van der Waals surface area contributed by atoms with Crippen LogP contribution >= 0.6 is 0 Å². The first kappa shape index (κ1) is 14.9. The summed E-state index contributed by atoms with van der Waals surface area (Å²) in [4.78, 5) is 0.